The predicted octanol–water partition coefficient (Wildman–Crippen LogP) is 3.93. The fraction of sp³-hybridized carbons (Fsp3) is 0.438. The number of benzene rings is 1. The Morgan fingerprint density at radius 3 is 2.65 bits per heavy atom. The molecule has 0 unspecified atom stereocenters. The van der Waals surface area contributed by atoms with Gasteiger partial charge in [0.1, 0.15) is 0 Å². The van der Waals surface area contributed by atoms with Crippen LogP contribution in [0.15, 0.2) is 42.0 Å². The maximum Gasteiger partial charge on any atom is 0.155 e. The summed E-state index contributed by atoms with van der Waals surface area (Å²) in [6.07, 6.45) is 7.03. The summed E-state index contributed by atoms with van der Waals surface area (Å²) in [5, 5.41) is 0. The van der Waals surface area contributed by atoms with Crippen molar-refractivity contribution in [2.45, 2.75) is 39.0 Å². The van der Waals surface area contributed by atoms with Crippen LogP contribution in [0, 0.1) is 5.92 Å². The van der Waals surface area contributed by atoms with E-state index in [1.165, 1.54) is 11.1 Å². The molecular formula is C16H20O. The van der Waals surface area contributed by atoms with Gasteiger partial charge in [-0.05, 0) is 43.2 Å². The van der Waals surface area contributed by atoms with Gasteiger partial charge in [0, 0.05) is 6.42 Å². The fourth-order valence-corrected chi connectivity index (χ4v) is 2.42. The summed E-state index contributed by atoms with van der Waals surface area (Å²) in [7, 11) is 0. The number of carbonyl (C=O) groups is 1. The molecule has 0 aromatic heterocycles. The zero-order valence-electron chi connectivity index (χ0n) is 10.5. The average Bonchev–Trinajstić information content (AvgIpc) is 2.37. The lowest BCUT2D eigenvalue weighted by Crippen LogP contribution is -2.09. The fourth-order valence-electron chi connectivity index (χ4n) is 2.42. The standard InChI is InChI=1S/C16H20O/c1-13(15-8-5-9-16(17)12-15)10-11-14-6-3-2-4-7-14/h2-4,6-7,12-13H,5,8-11H2,1H3/t13-/m1/s1. The molecule has 1 heteroatoms. The van der Waals surface area contributed by atoms with Gasteiger partial charge >= 0.3 is 0 Å². The van der Waals surface area contributed by atoms with Crippen LogP contribution in [0.25, 0.3) is 0 Å². The molecule has 0 bridgehead atoms. The summed E-state index contributed by atoms with van der Waals surface area (Å²) in [6.45, 7) is 2.24. The number of allylic oxidation sites excluding steroid dienone is 2. The molecule has 0 spiro atoms. The van der Waals surface area contributed by atoms with Crippen molar-refractivity contribution >= 4 is 5.78 Å². The molecule has 0 saturated carbocycles. The normalized spacial score (nSPS) is 17.7. The molecule has 0 radical (unpaired) electrons. The smallest absolute Gasteiger partial charge is 0.155 e. The second-order valence-electron chi connectivity index (χ2n) is 4.96. The lowest BCUT2D eigenvalue weighted by atomic mass is 9.86. The van der Waals surface area contributed by atoms with Crippen LogP contribution in [-0.4, -0.2) is 5.78 Å². The van der Waals surface area contributed by atoms with E-state index in [-0.39, 0.29) is 0 Å². The Bertz CT molecular complexity index is 403. The van der Waals surface area contributed by atoms with Gasteiger partial charge in [0.05, 0.1) is 0 Å². The first-order valence-corrected chi connectivity index (χ1v) is 6.53. The van der Waals surface area contributed by atoms with E-state index in [2.05, 4.69) is 37.3 Å². The quantitative estimate of drug-likeness (QED) is 0.763. The van der Waals surface area contributed by atoms with E-state index in [1.54, 1.807) is 0 Å². The molecule has 1 aliphatic rings. The van der Waals surface area contributed by atoms with Gasteiger partial charge in [0.25, 0.3) is 0 Å². The minimum absolute atomic E-state index is 0.317. The summed E-state index contributed by atoms with van der Waals surface area (Å²) in [4.78, 5) is 11.4. The van der Waals surface area contributed by atoms with Crippen molar-refractivity contribution in [1.29, 1.82) is 0 Å². The van der Waals surface area contributed by atoms with Gasteiger partial charge in [-0.2, -0.15) is 0 Å². The van der Waals surface area contributed by atoms with Gasteiger partial charge in [0.2, 0.25) is 0 Å². The second-order valence-corrected chi connectivity index (χ2v) is 4.96. The molecule has 0 fully saturated rings. The minimum atomic E-state index is 0.317. The van der Waals surface area contributed by atoms with E-state index < -0.39 is 0 Å². The van der Waals surface area contributed by atoms with Crippen molar-refractivity contribution < 1.29 is 4.79 Å². The summed E-state index contributed by atoms with van der Waals surface area (Å²) >= 11 is 0. The molecule has 0 aliphatic heterocycles. The summed E-state index contributed by atoms with van der Waals surface area (Å²) in [6, 6.07) is 10.6. The number of carbonyl (C=O) groups excluding carboxylic acids is 1. The second kappa shape index (κ2) is 5.81. The molecule has 0 saturated heterocycles. The molecule has 1 aromatic carbocycles. The lowest BCUT2D eigenvalue weighted by Gasteiger charge is -2.19. The molecule has 1 aromatic rings. The number of hydrogen-bond donors (Lipinski definition) is 0. The van der Waals surface area contributed by atoms with Crippen LogP contribution in [0.3, 0.4) is 0 Å². The van der Waals surface area contributed by atoms with Gasteiger partial charge < -0.3 is 0 Å². The zero-order valence-corrected chi connectivity index (χ0v) is 10.5. The van der Waals surface area contributed by atoms with Gasteiger partial charge in [-0.15, -0.1) is 0 Å². The Morgan fingerprint density at radius 2 is 1.94 bits per heavy atom. The largest absolute Gasteiger partial charge is 0.295 e. The molecule has 0 N–H and O–H groups in total. The summed E-state index contributed by atoms with van der Waals surface area (Å²) in [5.74, 6) is 0.859. The van der Waals surface area contributed by atoms with Crippen molar-refractivity contribution in [3.8, 4) is 0 Å². The van der Waals surface area contributed by atoms with Crippen molar-refractivity contribution in [2.75, 3.05) is 0 Å². The van der Waals surface area contributed by atoms with E-state index in [0.29, 0.717) is 11.7 Å². The average molecular weight is 228 g/mol. The Hall–Kier alpha value is -1.37. The summed E-state index contributed by atoms with van der Waals surface area (Å²) in [5.41, 5.74) is 2.75. The molecule has 0 amide bonds. The van der Waals surface area contributed by atoms with E-state index >= 15 is 0 Å². The number of hydrogen-bond acceptors (Lipinski definition) is 1. The van der Waals surface area contributed by atoms with Gasteiger partial charge in [-0.3, -0.25) is 4.79 Å². The lowest BCUT2D eigenvalue weighted by molar-refractivity contribution is -0.115. The molecular weight excluding hydrogens is 208 g/mol. The van der Waals surface area contributed by atoms with Crippen molar-refractivity contribution in [3.63, 3.8) is 0 Å². The van der Waals surface area contributed by atoms with Crippen molar-refractivity contribution in [1.82, 2.24) is 0 Å². The Morgan fingerprint density at radius 1 is 1.18 bits per heavy atom. The first kappa shape index (κ1) is 12.1. The highest BCUT2D eigenvalue weighted by atomic mass is 16.1. The monoisotopic (exact) mass is 228 g/mol. The predicted molar refractivity (Wildman–Crippen MR) is 70.9 cm³/mol. The highest BCUT2D eigenvalue weighted by Gasteiger charge is 2.15. The third-order valence-corrected chi connectivity index (χ3v) is 3.58. The van der Waals surface area contributed by atoms with E-state index in [0.717, 1.165) is 32.1 Å². The number of ketones is 1. The van der Waals surface area contributed by atoms with E-state index in [9.17, 15) is 4.79 Å². The zero-order chi connectivity index (χ0) is 12.1. The topological polar surface area (TPSA) is 17.1 Å². The summed E-state index contributed by atoms with van der Waals surface area (Å²) < 4.78 is 0. The minimum Gasteiger partial charge on any atom is -0.295 e. The molecule has 0 heterocycles. The van der Waals surface area contributed by atoms with Crippen LogP contribution >= 0.6 is 0 Å². The molecule has 17 heavy (non-hydrogen) atoms. The Labute approximate surface area is 104 Å². The van der Waals surface area contributed by atoms with Crippen LogP contribution in [0.2, 0.25) is 0 Å². The number of rotatable bonds is 4. The van der Waals surface area contributed by atoms with E-state index in [4.69, 9.17) is 0 Å². The Kier molecular flexibility index (Phi) is 4.13. The molecule has 2 rings (SSSR count). The van der Waals surface area contributed by atoms with Gasteiger partial charge in [0.15, 0.2) is 5.78 Å². The van der Waals surface area contributed by atoms with Crippen LogP contribution in [0.4, 0.5) is 0 Å². The van der Waals surface area contributed by atoms with Crippen LogP contribution < -0.4 is 0 Å². The molecule has 1 nitrogen and oxygen atoms in total. The molecule has 90 valence electrons. The van der Waals surface area contributed by atoms with E-state index in [1.807, 2.05) is 6.08 Å². The van der Waals surface area contributed by atoms with Gasteiger partial charge in [-0.1, -0.05) is 42.8 Å². The molecule has 1 aliphatic carbocycles. The maximum absolute atomic E-state index is 11.4. The maximum atomic E-state index is 11.4. The first-order chi connectivity index (χ1) is 8.25. The van der Waals surface area contributed by atoms with Gasteiger partial charge in [-0.25, -0.2) is 0 Å². The molecule has 1 atom stereocenters. The number of aryl methyl sites for hydroxylation is 1. The Balaban J connectivity index is 1.89. The highest BCUT2D eigenvalue weighted by molar-refractivity contribution is 5.91. The van der Waals surface area contributed by atoms with Crippen molar-refractivity contribution in [3.05, 3.63) is 47.5 Å². The van der Waals surface area contributed by atoms with Crippen LogP contribution in [0.1, 0.15) is 38.2 Å². The third kappa shape index (κ3) is 3.55. The highest BCUT2D eigenvalue weighted by Crippen LogP contribution is 2.25. The van der Waals surface area contributed by atoms with Crippen LogP contribution in [0.5, 0.6) is 0 Å². The van der Waals surface area contributed by atoms with Crippen molar-refractivity contribution in [2.24, 2.45) is 5.92 Å². The third-order valence-electron chi connectivity index (χ3n) is 3.58. The van der Waals surface area contributed by atoms with Crippen LogP contribution in [-0.2, 0) is 11.2 Å². The SMILES string of the molecule is C[C@H](CCc1ccccc1)C1=CC(=O)CCC1. The first-order valence-electron chi connectivity index (χ1n) is 6.53.